The van der Waals surface area contributed by atoms with Crippen LogP contribution < -0.4 is 5.73 Å². The van der Waals surface area contributed by atoms with E-state index in [1.807, 2.05) is 18.7 Å². The number of anilines is 1. The summed E-state index contributed by atoms with van der Waals surface area (Å²) >= 11 is 0. The van der Waals surface area contributed by atoms with E-state index >= 15 is 0 Å². The summed E-state index contributed by atoms with van der Waals surface area (Å²) < 4.78 is 7.60. The molecule has 0 amide bonds. The van der Waals surface area contributed by atoms with Crippen molar-refractivity contribution in [2.75, 3.05) is 39.6 Å². The van der Waals surface area contributed by atoms with E-state index in [0.717, 1.165) is 30.7 Å². The van der Waals surface area contributed by atoms with E-state index in [9.17, 15) is 0 Å². The molecule has 0 atom stereocenters. The van der Waals surface area contributed by atoms with E-state index in [1.165, 1.54) is 5.56 Å². The molecule has 0 bridgehead atoms. The molecule has 0 aliphatic rings. The fourth-order valence-corrected chi connectivity index (χ4v) is 2.00. The van der Waals surface area contributed by atoms with Crippen molar-refractivity contribution in [2.45, 2.75) is 13.5 Å². The maximum atomic E-state index is 5.95. The van der Waals surface area contributed by atoms with Crippen molar-refractivity contribution in [3.63, 3.8) is 0 Å². The molecule has 0 unspecified atom stereocenters. The molecule has 0 aliphatic heterocycles. The largest absolute Gasteiger partial charge is 0.378 e. The van der Waals surface area contributed by atoms with Crippen LogP contribution in [-0.4, -0.2) is 48.3 Å². The van der Waals surface area contributed by atoms with Gasteiger partial charge in [0.05, 0.1) is 24.2 Å². The van der Waals surface area contributed by atoms with Crippen molar-refractivity contribution in [1.29, 1.82) is 0 Å². The van der Waals surface area contributed by atoms with Crippen molar-refractivity contribution in [2.24, 2.45) is 0 Å². The predicted octanol–water partition coefficient (Wildman–Crippen LogP) is 1.51. The molecular formula is C14H22N4O. The van der Waals surface area contributed by atoms with Crippen LogP contribution in [0.1, 0.15) is 5.56 Å². The number of benzene rings is 1. The van der Waals surface area contributed by atoms with Gasteiger partial charge in [0.25, 0.3) is 0 Å². The van der Waals surface area contributed by atoms with Crippen LogP contribution in [-0.2, 0) is 11.3 Å². The molecule has 2 rings (SSSR count). The minimum absolute atomic E-state index is 0.553. The number of fused-ring (bicyclic) bond motifs is 1. The van der Waals surface area contributed by atoms with Gasteiger partial charge in [0.2, 0.25) is 5.95 Å². The van der Waals surface area contributed by atoms with Gasteiger partial charge in [-0.25, -0.2) is 4.98 Å². The molecule has 1 aromatic carbocycles. The number of hydrogen-bond donors (Lipinski definition) is 1. The van der Waals surface area contributed by atoms with Crippen molar-refractivity contribution in [3.8, 4) is 0 Å². The van der Waals surface area contributed by atoms with Crippen molar-refractivity contribution in [1.82, 2.24) is 14.5 Å². The number of nitrogen functional groups attached to an aromatic ring is 1. The van der Waals surface area contributed by atoms with Crippen LogP contribution in [0.3, 0.4) is 0 Å². The van der Waals surface area contributed by atoms with Gasteiger partial charge in [-0.2, -0.15) is 0 Å². The number of nitrogens with two attached hydrogens (primary N) is 1. The Hall–Kier alpha value is -1.59. The Morgan fingerprint density at radius 2 is 2.11 bits per heavy atom. The molecule has 0 saturated heterocycles. The molecule has 5 nitrogen and oxygen atoms in total. The molecule has 104 valence electrons. The monoisotopic (exact) mass is 262 g/mol. The van der Waals surface area contributed by atoms with Gasteiger partial charge in [0.15, 0.2) is 0 Å². The molecule has 2 aromatic rings. The standard InChI is InChI=1S/C14H22N4O/c1-11-4-5-13-12(10-11)16-14(15)18(13)7-9-19-8-6-17(2)3/h4-5,10H,6-9H2,1-3H3,(H2,15,16). The second-order valence-corrected chi connectivity index (χ2v) is 5.03. The first-order valence-corrected chi connectivity index (χ1v) is 6.53. The molecule has 1 aromatic heterocycles. The first-order chi connectivity index (χ1) is 9.08. The average Bonchev–Trinajstić information content (AvgIpc) is 2.64. The Labute approximate surface area is 114 Å². The fraction of sp³-hybridized carbons (Fsp3) is 0.500. The SMILES string of the molecule is Cc1ccc2c(c1)nc(N)n2CCOCCN(C)C. The highest BCUT2D eigenvalue weighted by Gasteiger charge is 2.07. The fourth-order valence-electron chi connectivity index (χ4n) is 2.00. The summed E-state index contributed by atoms with van der Waals surface area (Å²) in [7, 11) is 4.07. The van der Waals surface area contributed by atoms with Gasteiger partial charge in [0.1, 0.15) is 0 Å². The van der Waals surface area contributed by atoms with Crippen LogP contribution in [0.2, 0.25) is 0 Å². The zero-order valence-corrected chi connectivity index (χ0v) is 11.9. The molecule has 19 heavy (non-hydrogen) atoms. The minimum Gasteiger partial charge on any atom is -0.378 e. The molecule has 5 heteroatoms. The zero-order chi connectivity index (χ0) is 13.8. The Balaban J connectivity index is 1.98. The molecule has 0 radical (unpaired) electrons. The quantitative estimate of drug-likeness (QED) is 0.802. The number of rotatable bonds is 6. The van der Waals surface area contributed by atoms with Gasteiger partial charge in [-0.3, -0.25) is 0 Å². The lowest BCUT2D eigenvalue weighted by atomic mass is 10.2. The van der Waals surface area contributed by atoms with E-state index in [4.69, 9.17) is 10.5 Å². The summed E-state index contributed by atoms with van der Waals surface area (Å²) in [5.74, 6) is 0.553. The normalized spacial score (nSPS) is 11.6. The van der Waals surface area contributed by atoms with Crippen LogP contribution in [0, 0.1) is 6.92 Å². The first kappa shape index (κ1) is 13.8. The third-order valence-corrected chi connectivity index (χ3v) is 3.08. The number of aryl methyl sites for hydroxylation is 1. The smallest absolute Gasteiger partial charge is 0.201 e. The van der Waals surface area contributed by atoms with Gasteiger partial charge < -0.3 is 19.9 Å². The Morgan fingerprint density at radius 1 is 1.32 bits per heavy atom. The summed E-state index contributed by atoms with van der Waals surface area (Å²) in [6.07, 6.45) is 0. The van der Waals surface area contributed by atoms with Crippen LogP contribution in [0.25, 0.3) is 11.0 Å². The lowest BCUT2D eigenvalue weighted by Crippen LogP contribution is -2.19. The van der Waals surface area contributed by atoms with Crippen molar-refractivity contribution >= 4 is 17.0 Å². The topological polar surface area (TPSA) is 56.3 Å². The summed E-state index contributed by atoms with van der Waals surface area (Å²) in [6, 6.07) is 6.19. The van der Waals surface area contributed by atoms with Gasteiger partial charge >= 0.3 is 0 Å². The lowest BCUT2D eigenvalue weighted by molar-refractivity contribution is 0.112. The van der Waals surface area contributed by atoms with Crippen LogP contribution >= 0.6 is 0 Å². The predicted molar refractivity (Wildman–Crippen MR) is 78.3 cm³/mol. The zero-order valence-electron chi connectivity index (χ0n) is 11.9. The third kappa shape index (κ3) is 3.45. The Morgan fingerprint density at radius 3 is 2.84 bits per heavy atom. The van der Waals surface area contributed by atoms with Crippen LogP contribution in [0.15, 0.2) is 18.2 Å². The molecular weight excluding hydrogens is 240 g/mol. The van der Waals surface area contributed by atoms with E-state index in [-0.39, 0.29) is 0 Å². The molecule has 0 saturated carbocycles. The maximum Gasteiger partial charge on any atom is 0.201 e. The highest BCUT2D eigenvalue weighted by Crippen LogP contribution is 2.18. The highest BCUT2D eigenvalue weighted by atomic mass is 16.5. The van der Waals surface area contributed by atoms with E-state index in [0.29, 0.717) is 12.6 Å². The van der Waals surface area contributed by atoms with E-state index < -0.39 is 0 Å². The Bertz CT molecular complexity index is 548. The van der Waals surface area contributed by atoms with Crippen molar-refractivity contribution < 1.29 is 4.74 Å². The lowest BCUT2D eigenvalue weighted by Gasteiger charge is -2.11. The highest BCUT2D eigenvalue weighted by molar-refractivity contribution is 5.79. The number of nitrogens with zero attached hydrogens (tertiary/aromatic N) is 3. The number of imidazole rings is 1. The second-order valence-electron chi connectivity index (χ2n) is 5.03. The summed E-state index contributed by atoms with van der Waals surface area (Å²) in [4.78, 5) is 6.48. The number of aromatic nitrogens is 2. The number of hydrogen-bond acceptors (Lipinski definition) is 4. The minimum atomic E-state index is 0.553. The van der Waals surface area contributed by atoms with Gasteiger partial charge in [0, 0.05) is 13.1 Å². The summed E-state index contributed by atoms with van der Waals surface area (Å²) in [6.45, 7) is 5.10. The average molecular weight is 262 g/mol. The molecule has 0 aliphatic carbocycles. The van der Waals surface area contributed by atoms with E-state index in [2.05, 4.69) is 35.0 Å². The summed E-state index contributed by atoms with van der Waals surface area (Å²) in [5.41, 5.74) is 9.17. The molecule has 2 N–H and O–H groups in total. The molecule has 1 heterocycles. The summed E-state index contributed by atoms with van der Waals surface area (Å²) in [5, 5.41) is 0. The Kier molecular flexibility index (Phi) is 4.39. The van der Waals surface area contributed by atoms with Crippen LogP contribution in [0.4, 0.5) is 5.95 Å². The number of ether oxygens (including phenoxy) is 1. The maximum absolute atomic E-state index is 5.95. The van der Waals surface area contributed by atoms with Crippen LogP contribution in [0.5, 0.6) is 0 Å². The number of likely N-dealkylation sites (N-methyl/N-ethyl adjacent to an activating group) is 1. The second kappa shape index (κ2) is 6.04. The van der Waals surface area contributed by atoms with Gasteiger partial charge in [-0.15, -0.1) is 0 Å². The molecule has 0 fully saturated rings. The van der Waals surface area contributed by atoms with E-state index in [1.54, 1.807) is 0 Å². The molecule has 0 spiro atoms. The van der Waals surface area contributed by atoms with Gasteiger partial charge in [-0.1, -0.05) is 6.07 Å². The van der Waals surface area contributed by atoms with Gasteiger partial charge in [-0.05, 0) is 38.7 Å². The van der Waals surface area contributed by atoms with Crippen molar-refractivity contribution in [3.05, 3.63) is 23.8 Å². The first-order valence-electron chi connectivity index (χ1n) is 6.53. The third-order valence-electron chi connectivity index (χ3n) is 3.08.